The molecule has 1 saturated carbocycles. The normalized spacial score (nSPS) is 17.9. The fourth-order valence-corrected chi connectivity index (χ4v) is 2.58. The Morgan fingerprint density at radius 3 is 2.36 bits per heavy atom. The summed E-state index contributed by atoms with van der Waals surface area (Å²) in [7, 11) is 0. The number of benzene rings is 1. The minimum atomic E-state index is -0.332. The predicted octanol–water partition coefficient (Wildman–Crippen LogP) is 3.69. The standard InChI is InChI=1S/C18H21NO3/c1-12-6-4-5-7-13(12)19-9-8-14(20)17-15(21)10-18(2,3)11-16(17)22/h4-9,19-20H,10-11H2,1-3H3/b9-8-. The summed E-state index contributed by atoms with van der Waals surface area (Å²) in [6.07, 6.45) is 3.44. The molecule has 0 aromatic heterocycles. The molecule has 4 heteroatoms. The zero-order chi connectivity index (χ0) is 16.3. The van der Waals surface area contributed by atoms with Crippen LogP contribution in [0.5, 0.6) is 0 Å². The first-order valence-electron chi connectivity index (χ1n) is 7.28. The second kappa shape index (κ2) is 6.18. The molecule has 1 aromatic rings. The van der Waals surface area contributed by atoms with E-state index in [1.807, 2.05) is 45.0 Å². The van der Waals surface area contributed by atoms with Crippen LogP contribution < -0.4 is 5.32 Å². The van der Waals surface area contributed by atoms with E-state index in [-0.39, 0.29) is 41.2 Å². The van der Waals surface area contributed by atoms with E-state index in [4.69, 9.17) is 0 Å². The number of allylic oxidation sites excluding steroid dienone is 2. The molecule has 0 spiro atoms. The second-order valence-corrected chi connectivity index (χ2v) is 6.42. The molecule has 0 radical (unpaired) electrons. The van der Waals surface area contributed by atoms with E-state index in [0.717, 1.165) is 11.3 Å². The molecule has 4 nitrogen and oxygen atoms in total. The fraction of sp³-hybridized carbons (Fsp3) is 0.333. The number of para-hydroxylation sites is 1. The first-order valence-corrected chi connectivity index (χ1v) is 7.28. The van der Waals surface area contributed by atoms with Crippen molar-refractivity contribution in [2.24, 2.45) is 5.41 Å². The van der Waals surface area contributed by atoms with Crippen LogP contribution in [-0.4, -0.2) is 16.7 Å². The number of hydrogen-bond donors (Lipinski definition) is 2. The molecule has 0 amide bonds. The van der Waals surface area contributed by atoms with Crippen LogP contribution in [0.4, 0.5) is 5.69 Å². The summed E-state index contributed by atoms with van der Waals surface area (Å²) in [6, 6.07) is 7.70. The number of carbonyl (C=O) groups excluding carboxylic acids is 2. The molecule has 0 unspecified atom stereocenters. The van der Waals surface area contributed by atoms with Crippen LogP contribution in [0.3, 0.4) is 0 Å². The highest BCUT2D eigenvalue weighted by atomic mass is 16.3. The smallest absolute Gasteiger partial charge is 0.170 e. The predicted molar refractivity (Wildman–Crippen MR) is 86.6 cm³/mol. The number of anilines is 1. The molecule has 0 aliphatic heterocycles. The number of hydrogen-bond acceptors (Lipinski definition) is 4. The van der Waals surface area contributed by atoms with Crippen LogP contribution in [-0.2, 0) is 9.59 Å². The van der Waals surface area contributed by atoms with Crippen molar-refractivity contribution in [3.8, 4) is 0 Å². The SMILES string of the molecule is Cc1ccccc1N/C=C\C(O)=C1C(=O)CC(C)(C)CC1=O. The van der Waals surface area contributed by atoms with E-state index in [2.05, 4.69) is 5.32 Å². The molecule has 1 aromatic carbocycles. The van der Waals surface area contributed by atoms with E-state index in [1.54, 1.807) is 0 Å². The Morgan fingerprint density at radius 1 is 1.18 bits per heavy atom. The Morgan fingerprint density at radius 2 is 1.77 bits per heavy atom. The van der Waals surface area contributed by atoms with Gasteiger partial charge in [-0.15, -0.1) is 0 Å². The summed E-state index contributed by atoms with van der Waals surface area (Å²) in [4.78, 5) is 24.1. The monoisotopic (exact) mass is 299 g/mol. The number of aliphatic hydroxyl groups excluding tert-OH is 1. The summed E-state index contributed by atoms with van der Waals surface area (Å²) in [6.45, 7) is 5.73. The third-order valence-electron chi connectivity index (χ3n) is 3.72. The number of aryl methyl sites for hydroxylation is 1. The highest BCUT2D eigenvalue weighted by Crippen LogP contribution is 2.34. The van der Waals surface area contributed by atoms with Crippen LogP contribution in [0.15, 0.2) is 47.9 Å². The number of rotatable bonds is 3. The van der Waals surface area contributed by atoms with E-state index >= 15 is 0 Å². The molecule has 116 valence electrons. The third-order valence-corrected chi connectivity index (χ3v) is 3.72. The molecule has 2 rings (SSSR count). The molecule has 2 N–H and O–H groups in total. The molecule has 1 aliphatic carbocycles. The molecule has 1 aliphatic rings. The van der Waals surface area contributed by atoms with Crippen LogP contribution in [0, 0.1) is 12.3 Å². The van der Waals surface area contributed by atoms with Crippen molar-refractivity contribution in [2.75, 3.05) is 5.32 Å². The van der Waals surface area contributed by atoms with Crippen molar-refractivity contribution in [2.45, 2.75) is 33.6 Å². The average Bonchev–Trinajstić information content (AvgIpc) is 2.38. The Hall–Kier alpha value is -2.36. The first kappa shape index (κ1) is 16.0. The second-order valence-electron chi connectivity index (χ2n) is 6.42. The van der Waals surface area contributed by atoms with E-state index in [9.17, 15) is 14.7 Å². The maximum atomic E-state index is 12.1. The van der Waals surface area contributed by atoms with Gasteiger partial charge in [0, 0.05) is 24.7 Å². The number of carbonyl (C=O) groups is 2. The van der Waals surface area contributed by atoms with Gasteiger partial charge in [-0.05, 0) is 30.0 Å². The molecular formula is C18H21NO3. The Labute approximate surface area is 130 Å². The average molecular weight is 299 g/mol. The van der Waals surface area contributed by atoms with Gasteiger partial charge in [0.1, 0.15) is 11.3 Å². The van der Waals surface area contributed by atoms with Crippen molar-refractivity contribution in [1.82, 2.24) is 0 Å². The van der Waals surface area contributed by atoms with Crippen molar-refractivity contribution >= 4 is 17.3 Å². The molecule has 0 atom stereocenters. The summed E-state index contributed by atoms with van der Waals surface area (Å²) in [5, 5.41) is 13.1. The van der Waals surface area contributed by atoms with Crippen LogP contribution in [0.2, 0.25) is 0 Å². The lowest BCUT2D eigenvalue weighted by atomic mass is 9.74. The van der Waals surface area contributed by atoms with Crippen molar-refractivity contribution in [3.63, 3.8) is 0 Å². The Balaban J connectivity index is 2.15. The molecular weight excluding hydrogens is 278 g/mol. The van der Waals surface area contributed by atoms with Gasteiger partial charge in [0.05, 0.1) is 0 Å². The fourth-order valence-electron chi connectivity index (χ4n) is 2.58. The lowest BCUT2D eigenvalue weighted by Crippen LogP contribution is -2.32. The molecule has 0 heterocycles. The van der Waals surface area contributed by atoms with Gasteiger partial charge in [0.25, 0.3) is 0 Å². The topological polar surface area (TPSA) is 66.4 Å². The van der Waals surface area contributed by atoms with Gasteiger partial charge in [0.2, 0.25) is 0 Å². The highest BCUT2D eigenvalue weighted by Gasteiger charge is 2.37. The van der Waals surface area contributed by atoms with Gasteiger partial charge in [-0.2, -0.15) is 0 Å². The van der Waals surface area contributed by atoms with Gasteiger partial charge in [-0.25, -0.2) is 0 Å². The Bertz CT molecular complexity index is 647. The van der Waals surface area contributed by atoms with Crippen LogP contribution in [0.25, 0.3) is 0 Å². The van der Waals surface area contributed by atoms with Crippen molar-refractivity contribution in [1.29, 1.82) is 0 Å². The number of ketones is 2. The first-order chi connectivity index (χ1) is 10.3. The zero-order valence-electron chi connectivity index (χ0n) is 13.1. The van der Waals surface area contributed by atoms with Gasteiger partial charge >= 0.3 is 0 Å². The quantitative estimate of drug-likeness (QED) is 0.507. The van der Waals surface area contributed by atoms with Gasteiger partial charge < -0.3 is 10.4 Å². The number of aliphatic hydroxyl groups is 1. The van der Waals surface area contributed by atoms with Crippen molar-refractivity contribution in [3.05, 3.63) is 53.4 Å². The molecule has 0 saturated heterocycles. The lowest BCUT2D eigenvalue weighted by Gasteiger charge is -2.28. The minimum absolute atomic E-state index is 0.0813. The van der Waals surface area contributed by atoms with Crippen LogP contribution >= 0.6 is 0 Å². The summed E-state index contributed by atoms with van der Waals surface area (Å²) < 4.78 is 0. The molecule has 22 heavy (non-hydrogen) atoms. The maximum Gasteiger partial charge on any atom is 0.170 e. The summed E-state index contributed by atoms with van der Waals surface area (Å²) in [5.41, 5.74) is 1.55. The van der Waals surface area contributed by atoms with E-state index < -0.39 is 0 Å². The summed E-state index contributed by atoms with van der Waals surface area (Å²) >= 11 is 0. The lowest BCUT2D eigenvalue weighted by molar-refractivity contribution is -0.127. The van der Waals surface area contributed by atoms with Crippen LogP contribution in [0.1, 0.15) is 32.3 Å². The van der Waals surface area contributed by atoms with E-state index in [1.165, 1.54) is 12.3 Å². The highest BCUT2D eigenvalue weighted by molar-refractivity contribution is 6.22. The molecule has 0 bridgehead atoms. The molecule has 1 fully saturated rings. The van der Waals surface area contributed by atoms with Gasteiger partial charge in [0.15, 0.2) is 11.6 Å². The van der Waals surface area contributed by atoms with Crippen molar-refractivity contribution < 1.29 is 14.7 Å². The third kappa shape index (κ3) is 3.64. The van der Waals surface area contributed by atoms with E-state index in [0.29, 0.717) is 0 Å². The van der Waals surface area contributed by atoms with Gasteiger partial charge in [-0.3, -0.25) is 9.59 Å². The zero-order valence-corrected chi connectivity index (χ0v) is 13.1. The summed E-state index contributed by atoms with van der Waals surface area (Å²) in [5.74, 6) is -0.856. The Kier molecular flexibility index (Phi) is 4.50. The minimum Gasteiger partial charge on any atom is -0.507 e. The number of nitrogens with one attached hydrogen (secondary N) is 1. The van der Waals surface area contributed by atoms with Gasteiger partial charge in [-0.1, -0.05) is 32.0 Å². The maximum absolute atomic E-state index is 12.1. The largest absolute Gasteiger partial charge is 0.507 e. The number of Topliss-reactive ketones (excluding diaryl/α,β-unsaturated/α-hetero) is 2.